The number of anilines is 1. The Labute approximate surface area is 119 Å². The van der Waals surface area contributed by atoms with E-state index in [-0.39, 0.29) is 6.04 Å². The Morgan fingerprint density at radius 1 is 1.30 bits per heavy atom. The summed E-state index contributed by atoms with van der Waals surface area (Å²) in [7, 11) is 1.96. The summed E-state index contributed by atoms with van der Waals surface area (Å²) in [6, 6.07) is 0.674. The Morgan fingerprint density at radius 2 is 2.10 bits per heavy atom. The monoisotopic (exact) mass is 274 g/mol. The van der Waals surface area contributed by atoms with Gasteiger partial charge < -0.3 is 14.5 Å². The van der Waals surface area contributed by atoms with Crippen LogP contribution in [0.3, 0.4) is 0 Å². The van der Waals surface area contributed by atoms with Crippen molar-refractivity contribution in [3.05, 3.63) is 24.5 Å². The van der Waals surface area contributed by atoms with Crippen molar-refractivity contribution in [1.82, 2.24) is 24.3 Å². The predicted molar refractivity (Wildman–Crippen MR) is 77.4 cm³/mol. The van der Waals surface area contributed by atoms with Gasteiger partial charge in [-0.05, 0) is 19.8 Å². The van der Waals surface area contributed by atoms with E-state index < -0.39 is 0 Å². The lowest BCUT2D eigenvalue weighted by molar-refractivity contribution is 0.355. The number of aromatic nitrogens is 5. The van der Waals surface area contributed by atoms with Crippen molar-refractivity contribution in [3.8, 4) is 0 Å². The zero-order chi connectivity index (χ0) is 13.9. The smallest absolute Gasteiger partial charge is 0.203 e. The highest BCUT2D eigenvalue weighted by Gasteiger charge is 2.19. The molecule has 1 unspecified atom stereocenters. The highest BCUT2D eigenvalue weighted by Crippen LogP contribution is 2.30. The van der Waals surface area contributed by atoms with Gasteiger partial charge in [0.05, 0.1) is 6.04 Å². The van der Waals surface area contributed by atoms with Crippen LogP contribution >= 0.6 is 0 Å². The summed E-state index contributed by atoms with van der Waals surface area (Å²) in [5.41, 5.74) is 0. The lowest BCUT2D eigenvalue weighted by Crippen LogP contribution is -2.18. The van der Waals surface area contributed by atoms with E-state index in [4.69, 9.17) is 0 Å². The third kappa shape index (κ3) is 2.55. The van der Waals surface area contributed by atoms with Crippen molar-refractivity contribution in [2.24, 2.45) is 7.05 Å². The van der Waals surface area contributed by atoms with Crippen molar-refractivity contribution in [2.45, 2.75) is 51.1 Å². The standard InChI is InChI=1S/C14H22N6/c1-11(13-18-16-10-19(13)2)17-14-15-8-9-20(14)12-6-4-3-5-7-12/h8-12H,3-7H2,1-2H3,(H,15,17). The summed E-state index contributed by atoms with van der Waals surface area (Å²) >= 11 is 0. The second-order valence-corrected chi connectivity index (χ2v) is 5.62. The van der Waals surface area contributed by atoms with Crippen molar-refractivity contribution >= 4 is 5.95 Å². The Bertz CT molecular complexity index is 552. The molecule has 1 atom stereocenters. The number of imidazole rings is 1. The first-order chi connectivity index (χ1) is 9.75. The van der Waals surface area contributed by atoms with Gasteiger partial charge in [0.15, 0.2) is 5.82 Å². The quantitative estimate of drug-likeness (QED) is 0.931. The molecule has 2 aromatic heterocycles. The van der Waals surface area contributed by atoms with E-state index in [0.717, 1.165) is 11.8 Å². The van der Waals surface area contributed by atoms with E-state index in [1.807, 2.05) is 17.8 Å². The van der Waals surface area contributed by atoms with Gasteiger partial charge in [-0.15, -0.1) is 10.2 Å². The molecule has 2 aromatic rings. The first-order valence-electron chi connectivity index (χ1n) is 7.39. The lowest BCUT2D eigenvalue weighted by Gasteiger charge is -2.25. The molecule has 20 heavy (non-hydrogen) atoms. The van der Waals surface area contributed by atoms with Crippen LogP contribution in [0.4, 0.5) is 5.95 Å². The van der Waals surface area contributed by atoms with Gasteiger partial charge in [0, 0.05) is 25.5 Å². The zero-order valence-corrected chi connectivity index (χ0v) is 12.2. The maximum Gasteiger partial charge on any atom is 0.203 e. The van der Waals surface area contributed by atoms with Crippen molar-refractivity contribution in [2.75, 3.05) is 5.32 Å². The van der Waals surface area contributed by atoms with E-state index in [2.05, 4.69) is 38.2 Å². The molecule has 0 spiro atoms. The Balaban J connectivity index is 1.74. The number of nitrogens with zero attached hydrogens (tertiary/aromatic N) is 5. The molecular formula is C14H22N6. The largest absolute Gasteiger partial charge is 0.346 e. The van der Waals surface area contributed by atoms with E-state index in [0.29, 0.717) is 6.04 Å². The van der Waals surface area contributed by atoms with Gasteiger partial charge in [-0.2, -0.15) is 0 Å². The van der Waals surface area contributed by atoms with Crippen molar-refractivity contribution in [3.63, 3.8) is 0 Å². The minimum absolute atomic E-state index is 0.0900. The van der Waals surface area contributed by atoms with Crippen molar-refractivity contribution < 1.29 is 0 Å². The van der Waals surface area contributed by atoms with Crippen LogP contribution in [0.2, 0.25) is 0 Å². The second kappa shape index (κ2) is 5.64. The Morgan fingerprint density at radius 3 is 2.80 bits per heavy atom. The van der Waals surface area contributed by atoms with E-state index in [9.17, 15) is 0 Å². The molecule has 1 aliphatic carbocycles. The molecule has 0 aliphatic heterocycles. The van der Waals surface area contributed by atoms with Crippen LogP contribution in [0.25, 0.3) is 0 Å². The number of aryl methyl sites for hydroxylation is 1. The normalized spacial score (nSPS) is 18.1. The van der Waals surface area contributed by atoms with E-state index >= 15 is 0 Å². The first kappa shape index (κ1) is 13.1. The predicted octanol–water partition coefficient (Wildman–Crippen LogP) is 2.69. The molecular weight excluding hydrogens is 252 g/mol. The molecule has 0 aromatic carbocycles. The minimum Gasteiger partial charge on any atom is -0.346 e. The van der Waals surface area contributed by atoms with Crippen LogP contribution < -0.4 is 5.32 Å². The molecule has 6 nitrogen and oxygen atoms in total. The molecule has 0 saturated heterocycles. The molecule has 0 amide bonds. The average Bonchev–Trinajstić information content (AvgIpc) is 3.08. The first-order valence-corrected chi connectivity index (χ1v) is 7.39. The van der Waals surface area contributed by atoms with Gasteiger partial charge in [-0.1, -0.05) is 19.3 Å². The summed E-state index contributed by atoms with van der Waals surface area (Å²) in [4.78, 5) is 4.47. The molecule has 3 rings (SSSR count). The minimum atomic E-state index is 0.0900. The lowest BCUT2D eigenvalue weighted by atomic mass is 9.95. The molecule has 1 N–H and O–H groups in total. The molecule has 1 aliphatic rings. The molecule has 108 valence electrons. The van der Waals surface area contributed by atoms with Crippen molar-refractivity contribution in [1.29, 1.82) is 0 Å². The van der Waals surface area contributed by atoms with Gasteiger partial charge in [-0.3, -0.25) is 0 Å². The number of hydrogen-bond acceptors (Lipinski definition) is 4. The Kier molecular flexibility index (Phi) is 3.71. The third-order valence-electron chi connectivity index (χ3n) is 4.12. The van der Waals surface area contributed by atoms with Crippen LogP contribution in [0.5, 0.6) is 0 Å². The zero-order valence-electron chi connectivity index (χ0n) is 12.2. The molecule has 1 fully saturated rings. The molecule has 0 radical (unpaired) electrons. The second-order valence-electron chi connectivity index (χ2n) is 5.62. The van der Waals surface area contributed by atoms with Crippen LogP contribution in [0, 0.1) is 0 Å². The number of nitrogens with one attached hydrogen (secondary N) is 1. The molecule has 0 bridgehead atoms. The van der Waals surface area contributed by atoms with Gasteiger partial charge >= 0.3 is 0 Å². The number of rotatable bonds is 4. The van der Waals surface area contributed by atoms with Crippen LogP contribution in [-0.4, -0.2) is 24.3 Å². The average molecular weight is 274 g/mol. The van der Waals surface area contributed by atoms with Crippen LogP contribution in [0.1, 0.15) is 56.9 Å². The number of hydrogen-bond donors (Lipinski definition) is 1. The topological polar surface area (TPSA) is 60.6 Å². The van der Waals surface area contributed by atoms with E-state index in [1.165, 1.54) is 32.1 Å². The molecule has 1 saturated carbocycles. The van der Waals surface area contributed by atoms with Gasteiger partial charge in [0.2, 0.25) is 5.95 Å². The van der Waals surface area contributed by atoms with Gasteiger partial charge in [-0.25, -0.2) is 4.98 Å². The van der Waals surface area contributed by atoms with Gasteiger partial charge in [0.1, 0.15) is 6.33 Å². The highest BCUT2D eigenvalue weighted by molar-refractivity contribution is 5.29. The van der Waals surface area contributed by atoms with Crippen LogP contribution in [-0.2, 0) is 7.05 Å². The Hall–Kier alpha value is -1.85. The summed E-state index contributed by atoms with van der Waals surface area (Å²) < 4.78 is 4.22. The van der Waals surface area contributed by atoms with Gasteiger partial charge in [0.25, 0.3) is 0 Å². The molecule has 6 heteroatoms. The fourth-order valence-electron chi connectivity index (χ4n) is 3.02. The van der Waals surface area contributed by atoms with Crippen LogP contribution in [0.15, 0.2) is 18.7 Å². The summed E-state index contributed by atoms with van der Waals surface area (Å²) in [6.07, 6.45) is 12.2. The summed E-state index contributed by atoms with van der Waals surface area (Å²) in [5.74, 6) is 1.86. The maximum atomic E-state index is 4.47. The fraction of sp³-hybridized carbons (Fsp3) is 0.643. The molecule has 2 heterocycles. The van der Waals surface area contributed by atoms with E-state index in [1.54, 1.807) is 6.33 Å². The highest BCUT2D eigenvalue weighted by atomic mass is 15.3. The SMILES string of the molecule is CC(Nc1nccn1C1CCCCC1)c1nncn1C. The summed E-state index contributed by atoms with van der Waals surface area (Å²) in [5, 5.41) is 11.5. The summed E-state index contributed by atoms with van der Waals surface area (Å²) in [6.45, 7) is 2.09. The fourth-order valence-corrected chi connectivity index (χ4v) is 3.02. The third-order valence-corrected chi connectivity index (χ3v) is 4.12. The maximum absolute atomic E-state index is 4.47.